The minimum atomic E-state index is -0.199. The maximum Gasteiger partial charge on any atom is 0.167 e. The van der Waals surface area contributed by atoms with Crippen LogP contribution in [0, 0.1) is 5.92 Å². The van der Waals surface area contributed by atoms with Crippen molar-refractivity contribution in [3.05, 3.63) is 71.8 Å². The lowest BCUT2D eigenvalue weighted by molar-refractivity contribution is -0.123. The molecule has 22 heavy (non-hydrogen) atoms. The van der Waals surface area contributed by atoms with Crippen molar-refractivity contribution in [1.82, 2.24) is 0 Å². The molecule has 2 aromatic carbocycles. The molecule has 3 rings (SSSR count). The smallest absolute Gasteiger partial charge is 0.167 e. The number of benzene rings is 2. The zero-order chi connectivity index (χ0) is 15.5. The summed E-state index contributed by atoms with van der Waals surface area (Å²) >= 11 is 0. The maximum absolute atomic E-state index is 12.9. The van der Waals surface area contributed by atoms with Crippen molar-refractivity contribution in [1.29, 1.82) is 0 Å². The van der Waals surface area contributed by atoms with Gasteiger partial charge in [-0.15, -0.1) is 0 Å². The molecule has 0 bridgehead atoms. The van der Waals surface area contributed by atoms with Crippen LogP contribution in [0.15, 0.2) is 60.7 Å². The van der Waals surface area contributed by atoms with Crippen molar-refractivity contribution < 1.29 is 9.59 Å². The van der Waals surface area contributed by atoms with Crippen LogP contribution in [0.4, 0.5) is 0 Å². The molecule has 1 atom stereocenters. The Morgan fingerprint density at radius 1 is 0.818 bits per heavy atom. The Morgan fingerprint density at radius 3 is 1.82 bits per heavy atom. The van der Waals surface area contributed by atoms with Crippen LogP contribution in [-0.4, -0.2) is 11.6 Å². The standard InChI is InChI=1S/C20H18O2/c1-2-14-13-17(21)18(15-9-5-3-6-10-15)19(20(14)22)16-11-7-4-8-12-16/h3-12,14H,2,13H2,1H3. The summed E-state index contributed by atoms with van der Waals surface area (Å²) in [6.45, 7) is 1.96. The normalized spacial score (nSPS) is 18.7. The average Bonchev–Trinajstić information content (AvgIpc) is 2.57. The van der Waals surface area contributed by atoms with Crippen LogP contribution < -0.4 is 0 Å². The van der Waals surface area contributed by atoms with E-state index in [4.69, 9.17) is 0 Å². The van der Waals surface area contributed by atoms with Gasteiger partial charge in [-0.3, -0.25) is 9.59 Å². The van der Waals surface area contributed by atoms with Crippen LogP contribution in [-0.2, 0) is 9.59 Å². The molecule has 1 aliphatic rings. The number of allylic oxidation sites excluding steroid dienone is 2. The molecule has 0 amide bonds. The van der Waals surface area contributed by atoms with Crippen LogP contribution >= 0.6 is 0 Å². The van der Waals surface area contributed by atoms with Gasteiger partial charge in [0.25, 0.3) is 0 Å². The highest BCUT2D eigenvalue weighted by atomic mass is 16.1. The van der Waals surface area contributed by atoms with Crippen LogP contribution in [0.3, 0.4) is 0 Å². The molecule has 0 spiro atoms. The molecule has 2 nitrogen and oxygen atoms in total. The number of hydrogen-bond acceptors (Lipinski definition) is 2. The minimum absolute atomic E-state index is 0.0662. The first kappa shape index (κ1) is 14.5. The van der Waals surface area contributed by atoms with Crippen molar-refractivity contribution in [2.24, 2.45) is 5.92 Å². The molecule has 1 unspecified atom stereocenters. The first-order valence-corrected chi connectivity index (χ1v) is 7.65. The van der Waals surface area contributed by atoms with E-state index < -0.39 is 0 Å². The fourth-order valence-corrected chi connectivity index (χ4v) is 3.02. The first-order valence-electron chi connectivity index (χ1n) is 7.65. The molecule has 0 radical (unpaired) electrons. The van der Waals surface area contributed by atoms with Gasteiger partial charge in [0.05, 0.1) is 0 Å². The third-order valence-corrected chi connectivity index (χ3v) is 4.20. The van der Waals surface area contributed by atoms with Gasteiger partial charge in [0.2, 0.25) is 0 Å². The number of carbonyl (C=O) groups is 2. The second kappa shape index (κ2) is 6.10. The van der Waals surface area contributed by atoms with Gasteiger partial charge in [-0.25, -0.2) is 0 Å². The lowest BCUT2D eigenvalue weighted by Gasteiger charge is -2.25. The molecule has 0 aliphatic heterocycles. The van der Waals surface area contributed by atoms with Gasteiger partial charge >= 0.3 is 0 Å². The fraction of sp³-hybridized carbons (Fsp3) is 0.200. The van der Waals surface area contributed by atoms with E-state index in [0.717, 1.165) is 11.1 Å². The van der Waals surface area contributed by atoms with Crippen LogP contribution in [0.5, 0.6) is 0 Å². The van der Waals surface area contributed by atoms with Crippen molar-refractivity contribution in [2.45, 2.75) is 19.8 Å². The molecule has 2 heteroatoms. The SMILES string of the molecule is CCC1CC(=O)C(c2ccccc2)=C(c2ccccc2)C1=O. The second-order valence-electron chi connectivity index (χ2n) is 5.58. The van der Waals surface area contributed by atoms with Crippen LogP contribution in [0.1, 0.15) is 30.9 Å². The topological polar surface area (TPSA) is 34.1 Å². The van der Waals surface area contributed by atoms with Gasteiger partial charge in [0, 0.05) is 23.5 Å². The van der Waals surface area contributed by atoms with Crippen molar-refractivity contribution in [3.63, 3.8) is 0 Å². The number of carbonyl (C=O) groups excluding carboxylic acids is 2. The Balaban J connectivity index is 2.26. The lowest BCUT2D eigenvalue weighted by atomic mass is 9.76. The summed E-state index contributed by atoms with van der Waals surface area (Å²) in [5, 5.41) is 0. The first-order chi connectivity index (χ1) is 10.7. The maximum atomic E-state index is 12.9. The fourth-order valence-electron chi connectivity index (χ4n) is 3.02. The number of Topliss-reactive ketones (excluding diaryl/α,β-unsaturated/α-hetero) is 2. The van der Waals surface area contributed by atoms with E-state index >= 15 is 0 Å². The highest BCUT2D eigenvalue weighted by Crippen LogP contribution is 2.37. The Morgan fingerprint density at radius 2 is 1.32 bits per heavy atom. The predicted octanol–water partition coefficient (Wildman–Crippen LogP) is 4.17. The van der Waals surface area contributed by atoms with E-state index in [1.54, 1.807) is 0 Å². The van der Waals surface area contributed by atoms with E-state index in [1.807, 2.05) is 67.6 Å². The summed E-state index contributed by atoms with van der Waals surface area (Å²) in [5.41, 5.74) is 2.81. The van der Waals surface area contributed by atoms with Gasteiger partial charge in [0.1, 0.15) is 0 Å². The number of hydrogen-bond donors (Lipinski definition) is 0. The van der Waals surface area contributed by atoms with E-state index in [0.29, 0.717) is 24.0 Å². The molecule has 1 aliphatic carbocycles. The molecular weight excluding hydrogens is 272 g/mol. The van der Waals surface area contributed by atoms with Crippen LogP contribution in [0.25, 0.3) is 11.1 Å². The van der Waals surface area contributed by atoms with E-state index in [2.05, 4.69) is 0 Å². The lowest BCUT2D eigenvalue weighted by Crippen LogP contribution is -2.27. The van der Waals surface area contributed by atoms with Gasteiger partial charge in [0.15, 0.2) is 11.6 Å². The van der Waals surface area contributed by atoms with Crippen molar-refractivity contribution in [2.75, 3.05) is 0 Å². The third kappa shape index (κ3) is 2.52. The van der Waals surface area contributed by atoms with E-state index in [-0.39, 0.29) is 17.5 Å². The van der Waals surface area contributed by atoms with Crippen LogP contribution in [0.2, 0.25) is 0 Å². The van der Waals surface area contributed by atoms with E-state index in [9.17, 15) is 9.59 Å². The molecule has 0 aromatic heterocycles. The Labute approximate surface area is 130 Å². The molecule has 0 N–H and O–H groups in total. The molecular formula is C20H18O2. The monoisotopic (exact) mass is 290 g/mol. The second-order valence-corrected chi connectivity index (χ2v) is 5.58. The summed E-state index contributed by atoms with van der Waals surface area (Å²) in [4.78, 5) is 25.6. The highest BCUT2D eigenvalue weighted by Gasteiger charge is 2.34. The van der Waals surface area contributed by atoms with Gasteiger partial charge in [-0.1, -0.05) is 67.6 Å². The summed E-state index contributed by atoms with van der Waals surface area (Å²) in [7, 11) is 0. The zero-order valence-electron chi connectivity index (χ0n) is 12.6. The molecule has 0 heterocycles. The molecule has 110 valence electrons. The zero-order valence-corrected chi connectivity index (χ0v) is 12.6. The molecule has 0 fully saturated rings. The molecule has 0 saturated heterocycles. The summed E-state index contributed by atoms with van der Waals surface area (Å²) in [6.07, 6.45) is 1.01. The Bertz CT molecular complexity index is 727. The summed E-state index contributed by atoms with van der Waals surface area (Å²) < 4.78 is 0. The largest absolute Gasteiger partial charge is 0.294 e. The van der Waals surface area contributed by atoms with Gasteiger partial charge < -0.3 is 0 Å². The van der Waals surface area contributed by atoms with E-state index in [1.165, 1.54) is 0 Å². The average molecular weight is 290 g/mol. The Kier molecular flexibility index (Phi) is 4.01. The number of rotatable bonds is 3. The quantitative estimate of drug-likeness (QED) is 0.850. The third-order valence-electron chi connectivity index (χ3n) is 4.20. The van der Waals surface area contributed by atoms with Gasteiger partial charge in [-0.05, 0) is 17.5 Å². The highest BCUT2D eigenvalue weighted by molar-refractivity contribution is 6.44. The van der Waals surface area contributed by atoms with Crippen molar-refractivity contribution in [3.8, 4) is 0 Å². The summed E-state index contributed by atoms with van der Waals surface area (Å²) in [5.74, 6) is -0.0428. The number of ketones is 2. The predicted molar refractivity (Wildman–Crippen MR) is 88.1 cm³/mol. The Hall–Kier alpha value is -2.48. The minimum Gasteiger partial charge on any atom is -0.294 e. The molecule has 2 aromatic rings. The van der Waals surface area contributed by atoms with Crippen molar-refractivity contribution >= 4 is 22.7 Å². The summed E-state index contributed by atoms with van der Waals surface area (Å²) in [6, 6.07) is 19.0. The van der Waals surface area contributed by atoms with Gasteiger partial charge in [-0.2, -0.15) is 0 Å². The molecule has 0 saturated carbocycles.